The summed E-state index contributed by atoms with van der Waals surface area (Å²) in [4.78, 5) is 21.8. The van der Waals surface area contributed by atoms with Gasteiger partial charge in [0, 0.05) is 12.7 Å². The molecule has 18 heavy (non-hydrogen) atoms. The van der Waals surface area contributed by atoms with Crippen LogP contribution in [0.5, 0.6) is 5.75 Å². The van der Waals surface area contributed by atoms with Gasteiger partial charge < -0.3 is 9.47 Å². The monoisotopic (exact) mass is 256 g/mol. The SMILES string of the molecule is COCC(Oc1ccc(C=O)cc1F)C(=O)NN. The summed E-state index contributed by atoms with van der Waals surface area (Å²) in [6, 6.07) is 3.63. The number of benzene rings is 1. The van der Waals surface area contributed by atoms with Crippen LogP contribution in [0.25, 0.3) is 0 Å². The third kappa shape index (κ3) is 3.51. The van der Waals surface area contributed by atoms with Crippen molar-refractivity contribution in [3.8, 4) is 5.75 Å². The molecule has 0 aromatic heterocycles. The minimum atomic E-state index is -1.07. The molecule has 0 aliphatic carbocycles. The molecule has 0 bridgehead atoms. The van der Waals surface area contributed by atoms with E-state index in [4.69, 9.17) is 15.3 Å². The number of aldehydes is 1. The molecule has 98 valence electrons. The van der Waals surface area contributed by atoms with E-state index in [0.29, 0.717) is 6.29 Å². The standard InChI is InChI=1S/C11H13FN2O4/c1-17-6-10(11(16)14-13)18-9-3-2-7(5-15)4-8(9)12/h2-5,10H,6,13H2,1H3,(H,14,16). The number of carbonyl (C=O) groups is 2. The topological polar surface area (TPSA) is 90.6 Å². The van der Waals surface area contributed by atoms with E-state index < -0.39 is 17.8 Å². The number of amides is 1. The van der Waals surface area contributed by atoms with E-state index in [2.05, 4.69) is 0 Å². The minimum Gasteiger partial charge on any atom is -0.475 e. The summed E-state index contributed by atoms with van der Waals surface area (Å²) in [5.41, 5.74) is 2.06. The van der Waals surface area contributed by atoms with E-state index >= 15 is 0 Å². The van der Waals surface area contributed by atoms with E-state index in [1.807, 2.05) is 5.43 Å². The van der Waals surface area contributed by atoms with Crippen molar-refractivity contribution in [3.05, 3.63) is 29.6 Å². The van der Waals surface area contributed by atoms with Gasteiger partial charge in [-0.3, -0.25) is 15.0 Å². The van der Waals surface area contributed by atoms with Crippen molar-refractivity contribution in [3.63, 3.8) is 0 Å². The van der Waals surface area contributed by atoms with Gasteiger partial charge in [0.2, 0.25) is 6.10 Å². The molecule has 1 aromatic rings. The van der Waals surface area contributed by atoms with Crippen LogP contribution >= 0.6 is 0 Å². The molecule has 1 rings (SSSR count). The lowest BCUT2D eigenvalue weighted by Gasteiger charge is -2.17. The Kier molecular flexibility index (Phi) is 5.22. The number of rotatable bonds is 6. The Balaban J connectivity index is 2.86. The first-order chi connectivity index (χ1) is 8.62. The molecule has 1 atom stereocenters. The van der Waals surface area contributed by atoms with Crippen LogP contribution in [0.15, 0.2) is 18.2 Å². The van der Waals surface area contributed by atoms with Crippen molar-refractivity contribution in [2.24, 2.45) is 5.84 Å². The summed E-state index contributed by atoms with van der Waals surface area (Å²) < 4.78 is 23.4. The fourth-order valence-electron chi connectivity index (χ4n) is 1.25. The van der Waals surface area contributed by atoms with Gasteiger partial charge in [-0.2, -0.15) is 0 Å². The number of hydrazine groups is 1. The molecule has 0 aliphatic heterocycles. The van der Waals surface area contributed by atoms with Crippen molar-refractivity contribution >= 4 is 12.2 Å². The molecule has 0 aliphatic rings. The van der Waals surface area contributed by atoms with Gasteiger partial charge in [0.1, 0.15) is 6.29 Å². The Labute approximate surface area is 103 Å². The highest BCUT2D eigenvalue weighted by Gasteiger charge is 2.21. The summed E-state index contributed by atoms with van der Waals surface area (Å²) in [5.74, 6) is 3.42. The maximum Gasteiger partial charge on any atom is 0.277 e. The summed E-state index contributed by atoms with van der Waals surface area (Å²) in [6.07, 6.45) is -0.567. The number of nitrogens with one attached hydrogen (secondary N) is 1. The van der Waals surface area contributed by atoms with Gasteiger partial charge in [-0.25, -0.2) is 10.2 Å². The van der Waals surface area contributed by atoms with Crippen LogP contribution in [-0.2, 0) is 9.53 Å². The predicted octanol–water partition coefficient (Wildman–Crippen LogP) is 0.0219. The van der Waals surface area contributed by atoms with Crippen LogP contribution in [-0.4, -0.2) is 32.0 Å². The van der Waals surface area contributed by atoms with Crippen molar-refractivity contribution in [2.45, 2.75) is 6.10 Å². The van der Waals surface area contributed by atoms with Crippen LogP contribution in [0.2, 0.25) is 0 Å². The number of halogens is 1. The van der Waals surface area contributed by atoms with Crippen LogP contribution in [0.3, 0.4) is 0 Å². The molecule has 1 aromatic carbocycles. The lowest BCUT2D eigenvalue weighted by Crippen LogP contribution is -2.44. The van der Waals surface area contributed by atoms with Gasteiger partial charge in [0.15, 0.2) is 11.6 Å². The number of carbonyl (C=O) groups excluding carboxylic acids is 2. The molecule has 0 saturated carbocycles. The van der Waals surface area contributed by atoms with E-state index in [1.165, 1.54) is 19.2 Å². The highest BCUT2D eigenvalue weighted by atomic mass is 19.1. The zero-order valence-electron chi connectivity index (χ0n) is 9.68. The second-order valence-electron chi connectivity index (χ2n) is 3.38. The zero-order valence-corrected chi connectivity index (χ0v) is 9.68. The molecular weight excluding hydrogens is 243 g/mol. The van der Waals surface area contributed by atoms with E-state index in [0.717, 1.165) is 6.07 Å². The molecule has 3 N–H and O–H groups in total. The first-order valence-corrected chi connectivity index (χ1v) is 5.03. The lowest BCUT2D eigenvalue weighted by molar-refractivity contribution is -0.130. The van der Waals surface area contributed by atoms with Gasteiger partial charge in [-0.05, 0) is 18.2 Å². The van der Waals surface area contributed by atoms with Crippen molar-refractivity contribution in [2.75, 3.05) is 13.7 Å². The van der Waals surface area contributed by atoms with Crippen molar-refractivity contribution in [1.82, 2.24) is 5.43 Å². The largest absolute Gasteiger partial charge is 0.475 e. The normalized spacial score (nSPS) is 11.7. The Morgan fingerprint density at radius 1 is 1.61 bits per heavy atom. The van der Waals surface area contributed by atoms with E-state index in [1.54, 1.807) is 0 Å². The smallest absolute Gasteiger partial charge is 0.277 e. The summed E-state index contributed by atoms with van der Waals surface area (Å²) in [7, 11) is 1.37. The average molecular weight is 256 g/mol. The lowest BCUT2D eigenvalue weighted by atomic mass is 10.2. The van der Waals surface area contributed by atoms with E-state index in [9.17, 15) is 14.0 Å². The molecular formula is C11H13FN2O4. The number of nitrogens with two attached hydrogens (primary N) is 1. The zero-order chi connectivity index (χ0) is 13.5. The molecule has 0 spiro atoms. The quantitative estimate of drug-likeness (QED) is 0.324. The first-order valence-electron chi connectivity index (χ1n) is 5.03. The highest BCUT2D eigenvalue weighted by Crippen LogP contribution is 2.19. The van der Waals surface area contributed by atoms with Crippen LogP contribution in [0, 0.1) is 5.82 Å². The van der Waals surface area contributed by atoms with Gasteiger partial charge in [0.05, 0.1) is 6.61 Å². The van der Waals surface area contributed by atoms with Gasteiger partial charge in [0.25, 0.3) is 5.91 Å². The van der Waals surface area contributed by atoms with Gasteiger partial charge in [-0.1, -0.05) is 0 Å². The summed E-state index contributed by atoms with van der Waals surface area (Å²) in [5, 5.41) is 0. The molecule has 1 amide bonds. The molecule has 0 radical (unpaired) electrons. The highest BCUT2D eigenvalue weighted by molar-refractivity contribution is 5.80. The third-order valence-electron chi connectivity index (χ3n) is 2.11. The predicted molar refractivity (Wildman–Crippen MR) is 60.4 cm³/mol. The minimum absolute atomic E-state index is 0.0854. The maximum atomic E-state index is 13.5. The first kappa shape index (κ1) is 14.1. The number of hydrogen-bond donors (Lipinski definition) is 2. The molecule has 1 unspecified atom stereocenters. The second kappa shape index (κ2) is 6.67. The van der Waals surface area contributed by atoms with Crippen molar-refractivity contribution < 1.29 is 23.5 Å². The van der Waals surface area contributed by atoms with Crippen molar-refractivity contribution in [1.29, 1.82) is 0 Å². The Bertz CT molecular complexity index is 439. The number of ether oxygens (including phenoxy) is 2. The number of hydrogen-bond acceptors (Lipinski definition) is 5. The average Bonchev–Trinajstić information content (AvgIpc) is 2.39. The molecule has 7 heteroatoms. The van der Waals surface area contributed by atoms with Crippen LogP contribution in [0.1, 0.15) is 10.4 Å². The van der Waals surface area contributed by atoms with Crippen LogP contribution in [0.4, 0.5) is 4.39 Å². The summed E-state index contributed by atoms with van der Waals surface area (Å²) in [6.45, 7) is -0.0854. The summed E-state index contributed by atoms with van der Waals surface area (Å²) >= 11 is 0. The Hall–Kier alpha value is -1.99. The molecule has 0 fully saturated rings. The maximum absolute atomic E-state index is 13.5. The molecule has 6 nitrogen and oxygen atoms in total. The van der Waals surface area contributed by atoms with Crippen LogP contribution < -0.4 is 16.0 Å². The Morgan fingerprint density at radius 2 is 2.33 bits per heavy atom. The Morgan fingerprint density at radius 3 is 2.83 bits per heavy atom. The fraction of sp³-hybridized carbons (Fsp3) is 0.273. The van der Waals surface area contributed by atoms with Gasteiger partial charge in [-0.15, -0.1) is 0 Å². The number of methoxy groups -OCH3 is 1. The molecule has 0 heterocycles. The van der Waals surface area contributed by atoms with Gasteiger partial charge >= 0.3 is 0 Å². The second-order valence-corrected chi connectivity index (χ2v) is 3.38. The third-order valence-corrected chi connectivity index (χ3v) is 2.11. The fourth-order valence-corrected chi connectivity index (χ4v) is 1.25. The van der Waals surface area contributed by atoms with E-state index in [-0.39, 0.29) is 17.9 Å². The molecule has 0 saturated heterocycles.